The molecule has 9 heteroatoms. The third-order valence-electron chi connectivity index (χ3n) is 6.16. The second kappa shape index (κ2) is 10.2. The van der Waals surface area contributed by atoms with Gasteiger partial charge in [0.2, 0.25) is 5.91 Å². The van der Waals surface area contributed by atoms with Gasteiger partial charge in [-0.25, -0.2) is 0 Å². The van der Waals surface area contributed by atoms with Gasteiger partial charge in [0.25, 0.3) is 5.91 Å². The van der Waals surface area contributed by atoms with E-state index in [0.29, 0.717) is 23.7 Å². The summed E-state index contributed by atoms with van der Waals surface area (Å²) in [5.41, 5.74) is 2.27. The van der Waals surface area contributed by atoms with Crippen molar-refractivity contribution in [1.29, 1.82) is 0 Å². The molecule has 0 bridgehead atoms. The summed E-state index contributed by atoms with van der Waals surface area (Å²) in [6.45, 7) is 4.21. The van der Waals surface area contributed by atoms with Crippen LogP contribution >= 0.6 is 11.6 Å². The van der Waals surface area contributed by atoms with E-state index in [2.05, 4.69) is 4.74 Å². The van der Waals surface area contributed by atoms with Crippen molar-refractivity contribution in [3.8, 4) is 5.75 Å². The van der Waals surface area contributed by atoms with Gasteiger partial charge in [-0.3, -0.25) is 9.59 Å². The van der Waals surface area contributed by atoms with Crippen molar-refractivity contribution in [3.05, 3.63) is 88.9 Å². The molecule has 0 N–H and O–H groups in total. The summed E-state index contributed by atoms with van der Waals surface area (Å²) in [6, 6.07) is 18.8. The van der Waals surface area contributed by atoms with Crippen LogP contribution < -0.4 is 14.5 Å². The molecule has 0 unspecified atom stereocenters. The Morgan fingerprint density at radius 2 is 1.67 bits per heavy atom. The first-order valence-electron chi connectivity index (χ1n) is 11.4. The van der Waals surface area contributed by atoms with Crippen LogP contribution in [0.4, 0.5) is 24.5 Å². The minimum absolute atomic E-state index is 0.0835. The van der Waals surface area contributed by atoms with Gasteiger partial charge in [0, 0.05) is 34.5 Å². The number of likely N-dealkylation sites (N-methyl/N-ethyl adjacent to an activating group) is 1. The second-order valence-corrected chi connectivity index (χ2v) is 8.94. The minimum atomic E-state index is -4.81. The molecule has 0 saturated carbocycles. The number of nitrogens with zero attached hydrogens (tertiary/aromatic N) is 2. The molecule has 3 aromatic rings. The fourth-order valence-electron chi connectivity index (χ4n) is 4.57. The Kier molecular flexibility index (Phi) is 7.26. The molecular formula is C27H24ClF3N2O3. The number of para-hydroxylation sites is 1. The normalized spacial score (nSPS) is 17.3. The number of ether oxygens (including phenoxy) is 1. The predicted octanol–water partition coefficient (Wildman–Crippen LogP) is 6.81. The lowest BCUT2D eigenvalue weighted by Gasteiger charge is -2.40. The second-order valence-electron chi connectivity index (χ2n) is 8.50. The zero-order valence-corrected chi connectivity index (χ0v) is 20.4. The van der Waals surface area contributed by atoms with Crippen molar-refractivity contribution in [3.63, 3.8) is 0 Å². The molecule has 0 fully saturated rings. The number of carbonyl (C=O) groups excluding carboxylic acids is 2. The molecule has 4 rings (SSSR count). The maximum atomic E-state index is 13.7. The maximum absolute atomic E-state index is 13.7. The van der Waals surface area contributed by atoms with Crippen molar-refractivity contribution in [1.82, 2.24) is 0 Å². The van der Waals surface area contributed by atoms with Crippen LogP contribution in [-0.2, 0) is 4.79 Å². The quantitative estimate of drug-likeness (QED) is 0.374. The Bertz CT molecular complexity index is 1250. The van der Waals surface area contributed by atoms with E-state index in [1.165, 1.54) is 12.1 Å². The van der Waals surface area contributed by atoms with E-state index in [9.17, 15) is 22.8 Å². The summed E-state index contributed by atoms with van der Waals surface area (Å²) in [5.74, 6) is -1.33. The Morgan fingerprint density at radius 3 is 2.28 bits per heavy atom. The minimum Gasteiger partial charge on any atom is -0.406 e. The number of hydrogen-bond donors (Lipinski definition) is 0. The van der Waals surface area contributed by atoms with Crippen molar-refractivity contribution >= 4 is 34.8 Å². The van der Waals surface area contributed by atoms with E-state index >= 15 is 0 Å². The topological polar surface area (TPSA) is 49.9 Å². The highest BCUT2D eigenvalue weighted by molar-refractivity contribution is 6.30. The highest BCUT2D eigenvalue weighted by atomic mass is 35.5. The first kappa shape index (κ1) is 25.6. The van der Waals surface area contributed by atoms with E-state index in [1.54, 1.807) is 46.2 Å². The number of carbonyl (C=O) groups is 2. The van der Waals surface area contributed by atoms with Crippen molar-refractivity contribution in [2.75, 3.05) is 16.3 Å². The van der Waals surface area contributed by atoms with Crippen LogP contribution in [0.5, 0.6) is 5.75 Å². The molecule has 5 nitrogen and oxygen atoms in total. The number of amides is 2. The van der Waals surface area contributed by atoms with Crippen LogP contribution in [0, 0.1) is 0 Å². The fourth-order valence-corrected chi connectivity index (χ4v) is 4.69. The Balaban J connectivity index is 1.63. The number of fused-ring (bicyclic) bond motifs is 1. The maximum Gasteiger partial charge on any atom is 0.573 e. The molecule has 1 heterocycles. The van der Waals surface area contributed by atoms with Crippen LogP contribution in [0.3, 0.4) is 0 Å². The van der Waals surface area contributed by atoms with Crippen LogP contribution in [0.15, 0.2) is 72.8 Å². The van der Waals surface area contributed by atoms with Gasteiger partial charge < -0.3 is 14.5 Å². The number of halogens is 4. The average Bonchev–Trinajstić information content (AvgIpc) is 2.84. The monoisotopic (exact) mass is 516 g/mol. The van der Waals surface area contributed by atoms with Gasteiger partial charge in [0.05, 0.1) is 5.92 Å². The van der Waals surface area contributed by atoms with Crippen LogP contribution in [0.25, 0.3) is 0 Å². The molecule has 0 aliphatic carbocycles. The van der Waals surface area contributed by atoms with Crippen molar-refractivity contribution in [2.45, 2.75) is 38.6 Å². The SMILES string of the molecule is CCN(C(=O)[C@@H]1C[C@@H](C)N(C(=O)c2ccc(OC(F)(F)F)cc2)c2ccccc21)c1ccc(Cl)cc1. The number of benzene rings is 3. The van der Waals surface area contributed by atoms with E-state index in [-0.39, 0.29) is 23.4 Å². The summed E-state index contributed by atoms with van der Waals surface area (Å²) in [7, 11) is 0. The van der Waals surface area contributed by atoms with Crippen LogP contribution in [-0.4, -0.2) is 30.8 Å². The zero-order chi connectivity index (χ0) is 26.0. The standard InChI is InChI=1S/C27H24ClF3N2O3/c1-3-32(20-12-10-19(28)11-13-20)26(35)23-16-17(2)33(24-7-5-4-6-22(23)24)25(34)18-8-14-21(15-9-18)36-27(29,30)31/h4-15,17,23H,3,16H2,1-2H3/t17-,23-/m1/s1. The Hall–Kier alpha value is -3.52. The molecule has 0 radical (unpaired) electrons. The predicted molar refractivity (Wildman–Crippen MR) is 133 cm³/mol. The van der Waals surface area contributed by atoms with Crippen molar-refractivity contribution < 1.29 is 27.5 Å². The zero-order valence-electron chi connectivity index (χ0n) is 19.6. The first-order valence-corrected chi connectivity index (χ1v) is 11.8. The molecule has 188 valence electrons. The summed E-state index contributed by atoms with van der Waals surface area (Å²) < 4.78 is 41.4. The highest BCUT2D eigenvalue weighted by Crippen LogP contribution is 2.41. The van der Waals surface area contributed by atoms with Gasteiger partial charge in [-0.1, -0.05) is 29.8 Å². The van der Waals surface area contributed by atoms with E-state index in [4.69, 9.17) is 11.6 Å². The Morgan fingerprint density at radius 1 is 1.03 bits per heavy atom. The van der Waals surface area contributed by atoms with E-state index in [0.717, 1.165) is 23.4 Å². The van der Waals surface area contributed by atoms with E-state index in [1.807, 2.05) is 26.0 Å². The third kappa shape index (κ3) is 5.33. The molecule has 36 heavy (non-hydrogen) atoms. The summed E-state index contributed by atoms with van der Waals surface area (Å²) in [4.78, 5) is 30.4. The number of rotatable bonds is 5. The molecule has 0 saturated heterocycles. The number of anilines is 2. The van der Waals surface area contributed by atoms with Crippen LogP contribution in [0.2, 0.25) is 5.02 Å². The van der Waals surface area contributed by atoms with Gasteiger partial charge in [-0.2, -0.15) is 0 Å². The smallest absolute Gasteiger partial charge is 0.406 e. The highest BCUT2D eigenvalue weighted by Gasteiger charge is 2.39. The van der Waals surface area contributed by atoms with Gasteiger partial charge >= 0.3 is 6.36 Å². The molecule has 1 aliphatic rings. The molecular weight excluding hydrogens is 493 g/mol. The molecule has 3 aromatic carbocycles. The summed E-state index contributed by atoms with van der Waals surface area (Å²) in [6.07, 6.45) is -4.42. The summed E-state index contributed by atoms with van der Waals surface area (Å²) >= 11 is 6.01. The number of alkyl halides is 3. The lowest BCUT2D eigenvalue weighted by Crippen LogP contribution is -2.46. The lowest BCUT2D eigenvalue weighted by atomic mass is 9.84. The van der Waals surface area contributed by atoms with Gasteiger partial charge in [-0.15, -0.1) is 13.2 Å². The molecule has 0 aromatic heterocycles. The third-order valence-corrected chi connectivity index (χ3v) is 6.41. The molecule has 1 aliphatic heterocycles. The van der Waals surface area contributed by atoms with Gasteiger partial charge in [0.15, 0.2) is 0 Å². The number of hydrogen-bond acceptors (Lipinski definition) is 3. The first-order chi connectivity index (χ1) is 17.1. The summed E-state index contributed by atoms with van der Waals surface area (Å²) in [5, 5.41) is 0.575. The lowest BCUT2D eigenvalue weighted by molar-refractivity contribution is -0.274. The van der Waals surface area contributed by atoms with Crippen molar-refractivity contribution in [2.24, 2.45) is 0 Å². The molecule has 2 amide bonds. The fraction of sp³-hybridized carbons (Fsp3) is 0.259. The molecule has 2 atom stereocenters. The van der Waals surface area contributed by atoms with Gasteiger partial charge in [0.1, 0.15) is 5.75 Å². The average molecular weight is 517 g/mol. The Labute approximate surface area is 212 Å². The molecule has 0 spiro atoms. The largest absolute Gasteiger partial charge is 0.573 e. The van der Waals surface area contributed by atoms with E-state index < -0.39 is 18.0 Å². The van der Waals surface area contributed by atoms with Gasteiger partial charge in [-0.05, 0) is 80.4 Å². The van der Waals surface area contributed by atoms with Crippen LogP contribution in [0.1, 0.15) is 42.1 Å².